The van der Waals surface area contributed by atoms with E-state index in [-0.39, 0.29) is 5.91 Å². The molecule has 2 aromatic rings. The van der Waals surface area contributed by atoms with Crippen LogP contribution in [0.4, 0.5) is 0 Å². The van der Waals surface area contributed by atoms with Crippen molar-refractivity contribution in [1.29, 1.82) is 0 Å². The standard InChI is InChI=1S/C18H22N2O/c21-18(20-14-8-4-2-1-3-5-9-14)16-10-6-12-17-15(16)11-7-13-19-17/h6-7,10-14H,1-5,8-9H2,(H,20,21). The van der Waals surface area contributed by atoms with E-state index in [0.29, 0.717) is 6.04 Å². The predicted molar refractivity (Wildman–Crippen MR) is 85.3 cm³/mol. The summed E-state index contributed by atoms with van der Waals surface area (Å²) in [5.74, 6) is 0.0409. The van der Waals surface area contributed by atoms with E-state index in [1.54, 1.807) is 6.20 Å². The summed E-state index contributed by atoms with van der Waals surface area (Å²) in [6.45, 7) is 0. The summed E-state index contributed by atoms with van der Waals surface area (Å²) in [4.78, 5) is 16.9. The van der Waals surface area contributed by atoms with Crippen molar-refractivity contribution < 1.29 is 4.79 Å². The number of hydrogen-bond acceptors (Lipinski definition) is 2. The molecule has 1 aromatic carbocycles. The smallest absolute Gasteiger partial charge is 0.252 e. The van der Waals surface area contributed by atoms with Gasteiger partial charge in [-0.3, -0.25) is 9.78 Å². The minimum Gasteiger partial charge on any atom is -0.349 e. The van der Waals surface area contributed by atoms with Crippen LogP contribution in [-0.2, 0) is 0 Å². The maximum absolute atomic E-state index is 12.6. The topological polar surface area (TPSA) is 42.0 Å². The lowest BCUT2D eigenvalue weighted by Crippen LogP contribution is -2.35. The second-order valence-corrected chi connectivity index (χ2v) is 5.89. The summed E-state index contributed by atoms with van der Waals surface area (Å²) in [5.41, 5.74) is 1.62. The van der Waals surface area contributed by atoms with E-state index in [1.165, 1.54) is 32.1 Å². The van der Waals surface area contributed by atoms with Crippen LogP contribution in [-0.4, -0.2) is 16.9 Å². The lowest BCUT2D eigenvalue weighted by Gasteiger charge is -2.21. The minimum absolute atomic E-state index is 0.0409. The van der Waals surface area contributed by atoms with E-state index < -0.39 is 0 Å². The Hall–Kier alpha value is -1.90. The number of amides is 1. The van der Waals surface area contributed by atoms with Crippen LogP contribution < -0.4 is 5.32 Å². The largest absolute Gasteiger partial charge is 0.349 e. The molecule has 3 heteroatoms. The molecule has 1 amide bonds. The molecule has 0 unspecified atom stereocenters. The molecule has 21 heavy (non-hydrogen) atoms. The fourth-order valence-electron chi connectivity index (χ4n) is 3.16. The maximum Gasteiger partial charge on any atom is 0.252 e. The van der Waals surface area contributed by atoms with Crippen LogP contribution in [0, 0.1) is 0 Å². The predicted octanol–water partition coefficient (Wildman–Crippen LogP) is 4.08. The van der Waals surface area contributed by atoms with Crippen molar-refractivity contribution >= 4 is 16.8 Å². The molecule has 1 N–H and O–H groups in total. The van der Waals surface area contributed by atoms with Gasteiger partial charge in [-0.1, -0.05) is 44.2 Å². The lowest BCUT2D eigenvalue weighted by molar-refractivity contribution is 0.0932. The number of pyridine rings is 1. The van der Waals surface area contributed by atoms with Crippen molar-refractivity contribution in [3.05, 3.63) is 42.1 Å². The van der Waals surface area contributed by atoms with Crippen molar-refractivity contribution in [2.45, 2.75) is 51.0 Å². The molecule has 1 heterocycles. The second-order valence-electron chi connectivity index (χ2n) is 5.89. The first kappa shape index (κ1) is 14.1. The van der Waals surface area contributed by atoms with Crippen LogP contribution in [0.15, 0.2) is 36.5 Å². The van der Waals surface area contributed by atoms with E-state index in [4.69, 9.17) is 0 Å². The molecule has 1 aliphatic carbocycles. The molecule has 0 atom stereocenters. The molecule has 1 aliphatic rings. The van der Waals surface area contributed by atoms with Crippen LogP contribution in [0.1, 0.15) is 55.3 Å². The number of hydrogen-bond donors (Lipinski definition) is 1. The van der Waals surface area contributed by atoms with E-state index in [0.717, 1.165) is 29.3 Å². The van der Waals surface area contributed by atoms with E-state index in [1.807, 2.05) is 30.3 Å². The highest BCUT2D eigenvalue weighted by Crippen LogP contribution is 2.19. The highest BCUT2D eigenvalue weighted by molar-refractivity contribution is 6.06. The summed E-state index contributed by atoms with van der Waals surface area (Å²) >= 11 is 0. The van der Waals surface area contributed by atoms with Crippen molar-refractivity contribution in [3.63, 3.8) is 0 Å². The van der Waals surface area contributed by atoms with Crippen molar-refractivity contribution in [1.82, 2.24) is 10.3 Å². The van der Waals surface area contributed by atoms with Gasteiger partial charge < -0.3 is 5.32 Å². The van der Waals surface area contributed by atoms with Gasteiger partial charge in [0.2, 0.25) is 0 Å². The third-order valence-electron chi connectivity index (χ3n) is 4.33. The number of nitrogens with zero attached hydrogens (tertiary/aromatic N) is 1. The molecule has 0 bridgehead atoms. The Morgan fingerprint density at radius 1 is 1.00 bits per heavy atom. The highest BCUT2D eigenvalue weighted by atomic mass is 16.1. The molecule has 3 rings (SSSR count). The van der Waals surface area contributed by atoms with Gasteiger partial charge in [-0.25, -0.2) is 0 Å². The summed E-state index contributed by atoms with van der Waals surface area (Å²) in [5, 5.41) is 4.16. The van der Waals surface area contributed by atoms with Gasteiger partial charge in [0.15, 0.2) is 0 Å². The molecular formula is C18H22N2O. The number of fused-ring (bicyclic) bond motifs is 1. The third-order valence-corrected chi connectivity index (χ3v) is 4.33. The highest BCUT2D eigenvalue weighted by Gasteiger charge is 2.16. The Bertz CT molecular complexity index is 610. The molecule has 1 aromatic heterocycles. The molecular weight excluding hydrogens is 260 g/mol. The Kier molecular flexibility index (Phi) is 4.49. The van der Waals surface area contributed by atoms with Crippen LogP contribution in [0.3, 0.4) is 0 Å². The summed E-state index contributed by atoms with van der Waals surface area (Å²) in [6, 6.07) is 9.92. The Morgan fingerprint density at radius 3 is 2.57 bits per heavy atom. The average Bonchev–Trinajstić information content (AvgIpc) is 2.49. The Balaban J connectivity index is 1.77. The van der Waals surface area contributed by atoms with Gasteiger partial charge in [0, 0.05) is 23.2 Å². The van der Waals surface area contributed by atoms with E-state index in [9.17, 15) is 4.79 Å². The van der Waals surface area contributed by atoms with Crippen molar-refractivity contribution in [3.8, 4) is 0 Å². The lowest BCUT2D eigenvalue weighted by atomic mass is 9.96. The first-order chi connectivity index (χ1) is 10.3. The first-order valence-corrected chi connectivity index (χ1v) is 7.99. The molecule has 110 valence electrons. The van der Waals surface area contributed by atoms with Crippen LogP contribution in [0.2, 0.25) is 0 Å². The normalized spacial score (nSPS) is 17.1. The van der Waals surface area contributed by atoms with Crippen LogP contribution in [0.5, 0.6) is 0 Å². The van der Waals surface area contributed by atoms with Crippen LogP contribution in [0.25, 0.3) is 10.9 Å². The molecule has 0 radical (unpaired) electrons. The van der Waals surface area contributed by atoms with Crippen molar-refractivity contribution in [2.24, 2.45) is 0 Å². The van der Waals surface area contributed by atoms with Gasteiger partial charge >= 0.3 is 0 Å². The molecule has 3 nitrogen and oxygen atoms in total. The monoisotopic (exact) mass is 282 g/mol. The Morgan fingerprint density at radius 2 is 1.76 bits per heavy atom. The number of nitrogens with one attached hydrogen (secondary N) is 1. The SMILES string of the molecule is O=C(NC1CCCCCCC1)c1cccc2ncccc12. The fraction of sp³-hybridized carbons (Fsp3) is 0.444. The van der Waals surface area contributed by atoms with Gasteiger partial charge in [-0.15, -0.1) is 0 Å². The van der Waals surface area contributed by atoms with Gasteiger partial charge in [0.1, 0.15) is 0 Å². The minimum atomic E-state index is 0.0409. The zero-order chi connectivity index (χ0) is 14.5. The van der Waals surface area contributed by atoms with Gasteiger partial charge in [0.25, 0.3) is 5.91 Å². The summed E-state index contributed by atoms with van der Waals surface area (Å²) in [7, 11) is 0. The van der Waals surface area contributed by atoms with Crippen molar-refractivity contribution in [2.75, 3.05) is 0 Å². The average molecular weight is 282 g/mol. The number of rotatable bonds is 2. The number of carbonyl (C=O) groups is 1. The molecule has 0 spiro atoms. The van der Waals surface area contributed by atoms with Gasteiger partial charge in [-0.2, -0.15) is 0 Å². The van der Waals surface area contributed by atoms with Crippen LogP contribution >= 0.6 is 0 Å². The summed E-state index contributed by atoms with van der Waals surface area (Å²) < 4.78 is 0. The number of carbonyl (C=O) groups excluding carboxylic acids is 1. The van der Waals surface area contributed by atoms with E-state index in [2.05, 4.69) is 10.3 Å². The zero-order valence-electron chi connectivity index (χ0n) is 12.3. The third kappa shape index (κ3) is 3.41. The number of aromatic nitrogens is 1. The first-order valence-electron chi connectivity index (χ1n) is 7.99. The molecule has 1 fully saturated rings. The van der Waals surface area contributed by atoms with E-state index >= 15 is 0 Å². The molecule has 0 aliphatic heterocycles. The fourth-order valence-corrected chi connectivity index (χ4v) is 3.16. The number of benzene rings is 1. The second kappa shape index (κ2) is 6.70. The van der Waals surface area contributed by atoms with Gasteiger partial charge in [0.05, 0.1) is 5.52 Å². The maximum atomic E-state index is 12.6. The van der Waals surface area contributed by atoms with Gasteiger partial charge in [-0.05, 0) is 31.0 Å². The molecule has 0 saturated heterocycles. The summed E-state index contributed by atoms with van der Waals surface area (Å²) in [6.07, 6.45) is 10.4. The zero-order valence-corrected chi connectivity index (χ0v) is 12.3. The molecule has 1 saturated carbocycles. The quantitative estimate of drug-likeness (QED) is 0.902. The Labute approximate surface area is 125 Å².